The van der Waals surface area contributed by atoms with Crippen LogP contribution < -0.4 is 16.6 Å². The molecule has 0 spiro atoms. The van der Waals surface area contributed by atoms with Crippen LogP contribution >= 0.6 is 11.6 Å². The number of amides is 1. The number of hydrogen-bond acceptors (Lipinski definition) is 3. The molecule has 4 aromatic rings. The highest BCUT2D eigenvalue weighted by Crippen LogP contribution is 2.19. The molecule has 0 bridgehead atoms. The van der Waals surface area contributed by atoms with Crippen molar-refractivity contribution in [2.45, 2.75) is 6.92 Å². The van der Waals surface area contributed by atoms with Crippen molar-refractivity contribution in [2.75, 3.05) is 5.32 Å². The van der Waals surface area contributed by atoms with Crippen LogP contribution in [0.2, 0.25) is 5.02 Å². The van der Waals surface area contributed by atoms with E-state index >= 15 is 0 Å². The second-order valence-electron chi connectivity index (χ2n) is 6.84. The fraction of sp³-hybridized carbons (Fsp3) is 0.0952. The minimum Gasteiger partial charge on any atom is -0.344 e. The van der Waals surface area contributed by atoms with E-state index in [9.17, 15) is 18.8 Å². The summed E-state index contributed by atoms with van der Waals surface area (Å²) in [5.41, 5.74) is 0.103. The van der Waals surface area contributed by atoms with Crippen molar-refractivity contribution in [2.24, 2.45) is 7.05 Å². The number of rotatable bonds is 3. The largest absolute Gasteiger partial charge is 0.344 e. The molecule has 0 saturated carbocycles. The minimum atomic E-state index is -0.698. The van der Waals surface area contributed by atoms with Gasteiger partial charge in [-0.2, -0.15) is 0 Å². The predicted molar refractivity (Wildman–Crippen MR) is 113 cm³/mol. The molecule has 2 aromatic carbocycles. The van der Waals surface area contributed by atoms with Crippen LogP contribution in [0.1, 0.15) is 15.9 Å². The summed E-state index contributed by atoms with van der Waals surface area (Å²) in [5.74, 6) is -1.03. The summed E-state index contributed by atoms with van der Waals surface area (Å²) in [6.07, 6.45) is 1.44. The van der Waals surface area contributed by atoms with E-state index in [1.54, 1.807) is 50.4 Å². The second kappa shape index (κ2) is 7.31. The van der Waals surface area contributed by atoms with Crippen LogP contribution in [0.25, 0.3) is 16.7 Å². The van der Waals surface area contributed by atoms with E-state index in [0.717, 1.165) is 4.57 Å². The summed E-state index contributed by atoms with van der Waals surface area (Å²) in [4.78, 5) is 41.1. The lowest BCUT2D eigenvalue weighted by Gasteiger charge is -2.07. The van der Waals surface area contributed by atoms with Crippen molar-refractivity contribution >= 4 is 34.2 Å². The molecule has 0 unspecified atom stereocenters. The lowest BCUT2D eigenvalue weighted by atomic mass is 10.2. The molecule has 0 saturated heterocycles. The molecule has 2 heterocycles. The molecular formula is C21H16ClFN4O3. The summed E-state index contributed by atoms with van der Waals surface area (Å²) >= 11 is 5.88. The van der Waals surface area contributed by atoms with Gasteiger partial charge >= 0.3 is 5.69 Å². The van der Waals surface area contributed by atoms with Crippen molar-refractivity contribution < 1.29 is 9.18 Å². The van der Waals surface area contributed by atoms with Gasteiger partial charge < -0.3 is 14.9 Å². The van der Waals surface area contributed by atoms with Crippen LogP contribution in [-0.4, -0.2) is 20.0 Å². The Bertz CT molecular complexity index is 1420. The lowest BCUT2D eigenvalue weighted by molar-refractivity contribution is 0.102. The third-order valence-electron chi connectivity index (χ3n) is 4.78. The minimum absolute atomic E-state index is 0.0888. The number of carbonyl (C=O) groups is 1. The van der Waals surface area contributed by atoms with E-state index in [-0.39, 0.29) is 22.3 Å². The summed E-state index contributed by atoms with van der Waals surface area (Å²) in [7, 11) is 1.59. The Balaban J connectivity index is 1.82. The number of aryl methyl sites for hydroxylation is 2. The molecule has 0 atom stereocenters. The molecule has 0 fully saturated rings. The quantitative estimate of drug-likeness (QED) is 0.526. The maximum Gasteiger partial charge on any atom is 0.333 e. The average molecular weight is 427 g/mol. The van der Waals surface area contributed by atoms with Crippen LogP contribution in [0.5, 0.6) is 0 Å². The molecule has 9 heteroatoms. The van der Waals surface area contributed by atoms with E-state index < -0.39 is 23.0 Å². The first kappa shape index (κ1) is 19.7. The van der Waals surface area contributed by atoms with Gasteiger partial charge in [0.15, 0.2) is 0 Å². The monoisotopic (exact) mass is 426 g/mol. The van der Waals surface area contributed by atoms with Crippen LogP contribution in [0, 0.1) is 12.7 Å². The van der Waals surface area contributed by atoms with E-state index in [1.807, 2.05) is 0 Å². The molecule has 0 aliphatic rings. The first-order valence-electron chi connectivity index (χ1n) is 8.94. The summed E-state index contributed by atoms with van der Waals surface area (Å²) in [6.45, 7) is 1.61. The maximum absolute atomic E-state index is 13.8. The van der Waals surface area contributed by atoms with Crippen molar-refractivity contribution in [1.29, 1.82) is 0 Å². The molecule has 1 amide bonds. The van der Waals surface area contributed by atoms with E-state index in [4.69, 9.17) is 11.6 Å². The zero-order valence-corrected chi connectivity index (χ0v) is 16.7. The highest BCUT2D eigenvalue weighted by atomic mass is 35.5. The summed E-state index contributed by atoms with van der Waals surface area (Å²) < 4.78 is 16.2. The van der Waals surface area contributed by atoms with Gasteiger partial charge in [-0.05, 0) is 48.9 Å². The molecule has 2 aromatic heterocycles. The lowest BCUT2D eigenvalue weighted by Crippen LogP contribution is -2.34. The molecular weight excluding hydrogens is 411 g/mol. The molecule has 7 nitrogen and oxygen atoms in total. The maximum atomic E-state index is 13.8. The van der Waals surface area contributed by atoms with E-state index in [1.165, 1.54) is 16.8 Å². The zero-order valence-electron chi connectivity index (χ0n) is 16.0. The highest BCUT2D eigenvalue weighted by Gasteiger charge is 2.20. The van der Waals surface area contributed by atoms with Gasteiger partial charge in [0.1, 0.15) is 11.3 Å². The standard InChI is InChI=1S/C21H16ClFN4O3/c1-11-3-6-13(9-16(11)23)24-19(28)15-10-26(2)18-17(15)25-21(30)27(20(18)29)14-7-4-12(22)5-8-14/h3-10H,1-2H3,(H,24,28)(H,25,30). The van der Waals surface area contributed by atoms with Crippen LogP contribution in [0.15, 0.2) is 58.3 Å². The number of carbonyl (C=O) groups excluding carboxylic acids is 1. The fourth-order valence-electron chi connectivity index (χ4n) is 3.24. The highest BCUT2D eigenvalue weighted by molar-refractivity contribution is 6.30. The Kier molecular flexibility index (Phi) is 4.79. The normalized spacial score (nSPS) is 11.1. The number of hydrogen-bond donors (Lipinski definition) is 2. The number of nitrogens with zero attached hydrogens (tertiary/aromatic N) is 2. The van der Waals surface area contributed by atoms with Gasteiger partial charge in [-0.3, -0.25) is 9.59 Å². The number of benzene rings is 2. The summed E-state index contributed by atoms with van der Waals surface area (Å²) in [6, 6.07) is 10.5. The zero-order chi connectivity index (χ0) is 21.6. The number of aromatic nitrogens is 3. The van der Waals surface area contributed by atoms with Crippen LogP contribution in [0.4, 0.5) is 10.1 Å². The second-order valence-corrected chi connectivity index (χ2v) is 7.28. The van der Waals surface area contributed by atoms with Gasteiger partial charge in [0.25, 0.3) is 11.5 Å². The van der Waals surface area contributed by atoms with Gasteiger partial charge in [-0.1, -0.05) is 17.7 Å². The van der Waals surface area contributed by atoms with E-state index in [0.29, 0.717) is 16.3 Å². The first-order chi connectivity index (χ1) is 14.3. The third kappa shape index (κ3) is 3.31. The van der Waals surface area contributed by atoms with Crippen LogP contribution in [-0.2, 0) is 7.05 Å². The van der Waals surface area contributed by atoms with Crippen LogP contribution in [0.3, 0.4) is 0 Å². The fourth-order valence-corrected chi connectivity index (χ4v) is 3.36. The Morgan fingerprint density at radius 1 is 1.13 bits per heavy atom. The number of halogens is 2. The Morgan fingerprint density at radius 2 is 1.83 bits per heavy atom. The van der Waals surface area contributed by atoms with Crippen molar-refractivity contribution in [3.05, 3.63) is 91.5 Å². The topological polar surface area (TPSA) is 88.9 Å². The molecule has 152 valence electrons. The molecule has 0 radical (unpaired) electrons. The van der Waals surface area contributed by atoms with Gasteiger partial charge in [0.05, 0.1) is 16.8 Å². The molecule has 0 aliphatic carbocycles. The molecule has 2 N–H and O–H groups in total. The first-order valence-corrected chi connectivity index (χ1v) is 9.32. The SMILES string of the molecule is Cc1ccc(NC(=O)c2cn(C)c3c(=O)n(-c4ccc(Cl)cc4)c(=O)[nH]c23)cc1F. The van der Waals surface area contributed by atoms with E-state index in [2.05, 4.69) is 10.3 Å². The van der Waals surface area contributed by atoms with Gasteiger partial charge in [-0.15, -0.1) is 0 Å². The molecule has 30 heavy (non-hydrogen) atoms. The van der Waals surface area contributed by atoms with Crippen molar-refractivity contribution in [1.82, 2.24) is 14.1 Å². The number of H-pyrrole nitrogens is 1. The van der Waals surface area contributed by atoms with Crippen molar-refractivity contribution in [3.8, 4) is 5.69 Å². The Morgan fingerprint density at radius 3 is 2.50 bits per heavy atom. The van der Waals surface area contributed by atoms with Gasteiger partial charge in [0, 0.05) is 24.0 Å². The van der Waals surface area contributed by atoms with Crippen molar-refractivity contribution in [3.63, 3.8) is 0 Å². The molecule has 4 rings (SSSR count). The number of fused-ring (bicyclic) bond motifs is 1. The average Bonchev–Trinajstić information content (AvgIpc) is 3.02. The number of nitrogens with one attached hydrogen (secondary N) is 2. The third-order valence-corrected chi connectivity index (χ3v) is 5.03. The number of anilines is 1. The molecule has 0 aliphatic heterocycles. The van der Waals surface area contributed by atoms with Gasteiger partial charge in [-0.25, -0.2) is 13.8 Å². The number of aromatic amines is 1. The van der Waals surface area contributed by atoms with Gasteiger partial charge in [0.2, 0.25) is 0 Å². The Hall–Kier alpha value is -3.65. The smallest absolute Gasteiger partial charge is 0.333 e. The summed E-state index contributed by atoms with van der Waals surface area (Å²) in [5, 5.41) is 3.05. The predicted octanol–water partition coefficient (Wildman–Crippen LogP) is 3.37. The Labute approximate surface area is 174 Å².